The normalized spacial score (nSPS) is 15.2. The fraction of sp³-hybridized carbons (Fsp3) is 0.480. The van der Waals surface area contributed by atoms with Crippen LogP contribution in [0, 0.1) is 13.8 Å². The molecule has 2 aromatic rings. The van der Waals surface area contributed by atoms with Crippen LogP contribution in [0.25, 0.3) is 0 Å². The van der Waals surface area contributed by atoms with E-state index in [9.17, 15) is 4.79 Å². The maximum atomic E-state index is 12.3. The monoisotopic (exact) mass is 409 g/mol. The average molecular weight is 410 g/mol. The average Bonchev–Trinajstić information content (AvgIpc) is 2.76. The maximum Gasteiger partial charge on any atom is 0.223 e. The second-order valence-electron chi connectivity index (χ2n) is 8.05. The smallest absolute Gasteiger partial charge is 0.223 e. The lowest BCUT2D eigenvalue weighted by Crippen LogP contribution is -2.45. The predicted molar refractivity (Wildman–Crippen MR) is 122 cm³/mol. The van der Waals surface area contributed by atoms with Crippen LogP contribution in [-0.2, 0) is 17.9 Å². The van der Waals surface area contributed by atoms with Crippen LogP contribution < -0.4 is 10.1 Å². The van der Waals surface area contributed by atoms with Gasteiger partial charge >= 0.3 is 0 Å². The van der Waals surface area contributed by atoms with E-state index in [0.717, 1.165) is 50.6 Å². The van der Waals surface area contributed by atoms with Crippen LogP contribution in [-0.4, -0.2) is 55.0 Å². The molecular weight excluding hydrogens is 374 g/mol. The second-order valence-corrected chi connectivity index (χ2v) is 8.05. The molecule has 1 aliphatic rings. The number of likely N-dealkylation sites (N-methyl/N-ethyl adjacent to an activating group) is 1. The van der Waals surface area contributed by atoms with Crippen molar-refractivity contribution in [1.82, 2.24) is 15.1 Å². The number of amides is 1. The zero-order chi connectivity index (χ0) is 21.3. The van der Waals surface area contributed by atoms with Gasteiger partial charge < -0.3 is 15.0 Å². The predicted octanol–water partition coefficient (Wildman–Crippen LogP) is 3.53. The number of hydrogen-bond acceptors (Lipinski definition) is 4. The van der Waals surface area contributed by atoms with Gasteiger partial charge in [-0.1, -0.05) is 43.3 Å². The summed E-state index contributed by atoms with van der Waals surface area (Å²) in [5, 5.41) is 3.06. The molecule has 5 nitrogen and oxygen atoms in total. The molecule has 0 unspecified atom stereocenters. The summed E-state index contributed by atoms with van der Waals surface area (Å²) < 4.78 is 5.81. The van der Waals surface area contributed by atoms with Crippen molar-refractivity contribution in [3.8, 4) is 5.75 Å². The third-order valence-electron chi connectivity index (χ3n) is 6.04. The molecule has 0 spiro atoms. The highest BCUT2D eigenvalue weighted by atomic mass is 16.5. The van der Waals surface area contributed by atoms with Gasteiger partial charge in [0.2, 0.25) is 5.91 Å². The van der Waals surface area contributed by atoms with Crippen molar-refractivity contribution < 1.29 is 9.53 Å². The standard InChI is InChI=1S/C25H35N3O2/c1-4-27-13-15-28(16-14-27)19-23-10-6-5-9-22(23)18-26-25(29)12-17-30-24-11-7-8-20(2)21(24)3/h5-11H,4,12-19H2,1-3H3,(H,26,29). The fourth-order valence-electron chi connectivity index (χ4n) is 3.81. The summed E-state index contributed by atoms with van der Waals surface area (Å²) in [6.07, 6.45) is 0.356. The Bertz CT molecular complexity index is 829. The van der Waals surface area contributed by atoms with Crippen LogP contribution >= 0.6 is 0 Å². The van der Waals surface area contributed by atoms with Gasteiger partial charge in [-0.15, -0.1) is 0 Å². The third kappa shape index (κ3) is 6.31. The molecule has 0 saturated carbocycles. The summed E-state index contributed by atoms with van der Waals surface area (Å²) in [4.78, 5) is 17.3. The number of hydrogen-bond donors (Lipinski definition) is 1. The van der Waals surface area contributed by atoms with Crippen LogP contribution in [0.15, 0.2) is 42.5 Å². The van der Waals surface area contributed by atoms with Gasteiger partial charge in [0, 0.05) is 39.3 Å². The molecule has 30 heavy (non-hydrogen) atoms. The summed E-state index contributed by atoms with van der Waals surface area (Å²) in [6.45, 7) is 13.8. The molecule has 0 atom stereocenters. The van der Waals surface area contributed by atoms with Gasteiger partial charge in [0.1, 0.15) is 5.75 Å². The SMILES string of the molecule is CCN1CCN(Cc2ccccc2CNC(=O)CCOc2cccc(C)c2C)CC1. The molecule has 1 heterocycles. The summed E-state index contributed by atoms with van der Waals surface area (Å²) in [6, 6.07) is 14.4. The number of carbonyl (C=O) groups excluding carboxylic acids is 1. The van der Waals surface area contributed by atoms with Crippen molar-refractivity contribution in [2.45, 2.75) is 40.3 Å². The minimum atomic E-state index is 0.0201. The number of piperazine rings is 1. The molecule has 1 saturated heterocycles. The first-order chi connectivity index (χ1) is 14.6. The topological polar surface area (TPSA) is 44.8 Å². The van der Waals surface area contributed by atoms with E-state index in [1.54, 1.807) is 0 Å². The Labute approximate surface area is 181 Å². The highest BCUT2D eigenvalue weighted by Gasteiger charge is 2.16. The summed E-state index contributed by atoms with van der Waals surface area (Å²) >= 11 is 0. The maximum absolute atomic E-state index is 12.3. The lowest BCUT2D eigenvalue weighted by molar-refractivity contribution is -0.121. The molecule has 0 radical (unpaired) electrons. The van der Waals surface area contributed by atoms with Crippen LogP contribution in [0.5, 0.6) is 5.75 Å². The van der Waals surface area contributed by atoms with Gasteiger partial charge in [0.05, 0.1) is 13.0 Å². The third-order valence-corrected chi connectivity index (χ3v) is 6.04. The highest BCUT2D eigenvalue weighted by molar-refractivity contribution is 5.76. The first kappa shape index (κ1) is 22.3. The fourth-order valence-corrected chi connectivity index (χ4v) is 3.81. The second kappa shape index (κ2) is 11.1. The largest absolute Gasteiger partial charge is 0.493 e. The molecule has 5 heteroatoms. The quantitative estimate of drug-likeness (QED) is 0.688. The molecule has 1 N–H and O–H groups in total. The Balaban J connectivity index is 1.45. The zero-order valence-electron chi connectivity index (χ0n) is 18.6. The number of carbonyl (C=O) groups is 1. The van der Waals surface area contributed by atoms with Gasteiger partial charge in [-0.05, 0) is 48.7 Å². The number of aryl methyl sites for hydroxylation is 1. The number of nitrogens with zero attached hydrogens (tertiary/aromatic N) is 2. The van der Waals surface area contributed by atoms with E-state index in [1.165, 1.54) is 16.7 Å². The Hall–Kier alpha value is -2.37. The number of benzene rings is 2. The number of nitrogens with one attached hydrogen (secondary N) is 1. The molecule has 2 aromatic carbocycles. The first-order valence-electron chi connectivity index (χ1n) is 11.0. The van der Waals surface area contributed by atoms with Crippen molar-refractivity contribution in [3.05, 3.63) is 64.7 Å². The Morgan fingerprint density at radius 1 is 0.967 bits per heavy atom. The Morgan fingerprint density at radius 3 is 2.40 bits per heavy atom. The summed E-state index contributed by atoms with van der Waals surface area (Å²) in [5.41, 5.74) is 4.82. The van der Waals surface area contributed by atoms with Gasteiger partial charge in [0.25, 0.3) is 0 Å². The zero-order valence-corrected chi connectivity index (χ0v) is 18.6. The van der Waals surface area contributed by atoms with E-state index < -0.39 is 0 Å². The molecule has 162 valence electrons. The van der Waals surface area contributed by atoms with Crippen LogP contribution in [0.3, 0.4) is 0 Å². The van der Waals surface area contributed by atoms with Crippen molar-refractivity contribution in [3.63, 3.8) is 0 Å². The van der Waals surface area contributed by atoms with Gasteiger partial charge in [-0.25, -0.2) is 0 Å². The molecule has 1 amide bonds. The van der Waals surface area contributed by atoms with E-state index in [-0.39, 0.29) is 5.91 Å². The molecular formula is C25H35N3O2. The Kier molecular flexibility index (Phi) is 8.29. The molecule has 0 bridgehead atoms. The van der Waals surface area contributed by atoms with Crippen LogP contribution in [0.2, 0.25) is 0 Å². The van der Waals surface area contributed by atoms with E-state index in [4.69, 9.17) is 4.74 Å². The lowest BCUT2D eigenvalue weighted by Gasteiger charge is -2.34. The van der Waals surface area contributed by atoms with Crippen LogP contribution in [0.1, 0.15) is 35.6 Å². The first-order valence-corrected chi connectivity index (χ1v) is 11.0. The molecule has 1 aliphatic heterocycles. The minimum Gasteiger partial charge on any atom is -0.493 e. The Morgan fingerprint density at radius 2 is 1.67 bits per heavy atom. The van der Waals surface area contributed by atoms with Crippen molar-refractivity contribution in [2.75, 3.05) is 39.3 Å². The summed E-state index contributed by atoms with van der Waals surface area (Å²) in [7, 11) is 0. The van der Waals surface area contributed by atoms with E-state index >= 15 is 0 Å². The van der Waals surface area contributed by atoms with E-state index in [0.29, 0.717) is 19.6 Å². The molecule has 0 aromatic heterocycles. The molecule has 3 rings (SSSR count). The highest BCUT2D eigenvalue weighted by Crippen LogP contribution is 2.20. The summed E-state index contributed by atoms with van der Waals surface area (Å²) in [5.74, 6) is 0.878. The molecule has 0 aliphatic carbocycles. The molecule has 1 fully saturated rings. The van der Waals surface area contributed by atoms with Crippen molar-refractivity contribution >= 4 is 5.91 Å². The van der Waals surface area contributed by atoms with Crippen molar-refractivity contribution in [1.29, 1.82) is 0 Å². The van der Waals surface area contributed by atoms with E-state index in [2.05, 4.69) is 53.2 Å². The van der Waals surface area contributed by atoms with Crippen LogP contribution in [0.4, 0.5) is 0 Å². The van der Waals surface area contributed by atoms with Crippen molar-refractivity contribution in [2.24, 2.45) is 0 Å². The van der Waals surface area contributed by atoms with Gasteiger partial charge in [-0.3, -0.25) is 9.69 Å². The minimum absolute atomic E-state index is 0.0201. The van der Waals surface area contributed by atoms with Gasteiger partial charge in [0.15, 0.2) is 0 Å². The lowest BCUT2D eigenvalue weighted by atomic mass is 10.1. The number of ether oxygens (including phenoxy) is 1. The van der Waals surface area contributed by atoms with E-state index in [1.807, 2.05) is 25.1 Å². The van der Waals surface area contributed by atoms with Gasteiger partial charge in [-0.2, -0.15) is 0 Å². The number of rotatable bonds is 9.